The van der Waals surface area contributed by atoms with Crippen molar-refractivity contribution in [3.05, 3.63) is 0 Å². The average Bonchev–Trinajstić information content (AvgIpc) is 2.71. The van der Waals surface area contributed by atoms with Crippen LogP contribution in [0.15, 0.2) is 0 Å². The van der Waals surface area contributed by atoms with Crippen molar-refractivity contribution in [2.24, 2.45) is 5.92 Å². The number of nitrogens with zero attached hydrogens (tertiary/aromatic N) is 1. The first kappa shape index (κ1) is 20.1. The van der Waals surface area contributed by atoms with Gasteiger partial charge in [0.05, 0.1) is 27.7 Å². The molecule has 0 bridgehead atoms. The molecule has 0 heterocycles. The fraction of sp³-hybridized carbons (Fsp3) is 1.00. The van der Waals surface area contributed by atoms with E-state index in [0.29, 0.717) is 0 Å². The molecule has 3 heteroatoms. The monoisotopic (exact) mass is 303 g/mol. The minimum absolute atomic E-state index is 0. The van der Waals surface area contributed by atoms with Gasteiger partial charge in [0.2, 0.25) is 0 Å². The average molecular weight is 304 g/mol. The molecule has 0 saturated heterocycles. The summed E-state index contributed by atoms with van der Waals surface area (Å²) in [6.45, 7) is 1.38. The van der Waals surface area contributed by atoms with E-state index in [1.807, 2.05) is 0 Å². The predicted octanol–water partition coefficient (Wildman–Crippen LogP) is 0.835. The third-order valence-corrected chi connectivity index (χ3v) is 3.53. The van der Waals surface area contributed by atoms with E-state index in [1.165, 1.54) is 64.3 Å². The molecule has 1 nitrogen and oxygen atoms in total. The van der Waals surface area contributed by atoms with Crippen LogP contribution < -0.4 is 12.4 Å². The molecule has 2 rings (SSSR count). The Bertz CT molecular complexity index is 150. The molecule has 0 spiro atoms. The SMILES string of the molecule is C1CCCC1.C[N+](C)(C)CC1CCCC1.[Cl-].[Fe]. The standard InChI is InChI=1S/C9H20N.C5H10.ClH.Fe/c1-10(2,3)8-9-6-4-5-7-9;1-2-4-5-3-1;;/h9H,4-8H2,1-3H3;1-5H2;1H;/q+1;;;/p-1. The summed E-state index contributed by atoms with van der Waals surface area (Å²) in [4.78, 5) is 0. The van der Waals surface area contributed by atoms with Crippen molar-refractivity contribution in [2.45, 2.75) is 57.8 Å². The van der Waals surface area contributed by atoms with Crippen LogP contribution in [0.5, 0.6) is 0 Å². The van der Waals surface area contributed by atoms with Gasteiger partial charge in [-0.1, -0.05) is 44.9 Å². The molecule has 0 N–H and O–H groups in total. The molecule has 0 atom stereocenters. The van der Waals surface area contributed by atoms with Crippen LogP contribution in [0, 0.1) is 5.92 Å². The first-order chi connectivity index (χ1) is 7.08. The number of rotatable bonds is 2. The fourth-order valence-electron chi connectivity index (χ4n) is 2.85. The molecule has 0 aliphatic heterocycles. The fourth-order valence-corrected chi connectivity index (χ4v) is 2.85. The maximum Gasteiger partial charge on any atom is 0.0809 e. The van der Waals surface area contributed by atoms with E-state index >= 15 is 0 Å². The van der Waals surface area contributed by atoms with E-state index in [-0.39, 0.29) is 29.5 Å². The summed E-state index contributed by atoms with van der Waals surface area (Å²) in [6, 6.07) is 0. The van der Waals surface area contributed by atoms with Gasteiger partial charge in [-0.2, -0.15) is 0 Å². The molecule has 0 radical (unpaired) electrons. The van der Waals surface area contributed by atoms with Crippen molar-refractivity contribution in [2.75, 3.05) is 27.7 Å². The largest absolute Gasteiger partial charge is 1.00 e. The Morgan fingerprint density at radius 1 is 0.765 bits per heavy atom. The number of quaternary nitrogens is 1. The van der Waals surface area contributed by atoms with Gasteiger partial charge in [-0.3, -0.25) is 0 Å². The van der Waals surface area contributed by atoms with Crippen LogP contribution in [0.1, 0.15) is 57.8 Å². The van der Waals surface area contributed by atoms with Crippen molar-refractivity contribution in [3.8, 4) is 0 Å². The van der Waals surface area contributed by atoms with E-state index in [1.54, 1.807) is 0 Å². The third-order valence-electron chi connectivity index (χ3n) is 3.53. The minimum Gasteiger partial charge on any atom is -1.00 e. The molecule has 106 valence electrons. The van der Waals surface area contributed by atoms with Crippen LogP contribution >= 0.6 is 0 Å². The molecule has 0 aromatic carbocycles. The van der Waals surface area contributed by atoms with Gasteiger partial charge in [-0.05, 0) is 12.8 Å². The Morgan fingerprint density at radius 3 is 1.41 bits per heavy atom. The summed E-state index contributed by atoms with van der Waals surface area (Å²) >= 11 is 0. The molecule has 0 aromatic rings. The summed E-state index contributed by atoms with van der Waals surface area (Å²) in [5, 5.41) is 0. The third kappa shape index (κ3) is 11.6. The molecule has 0 amide bonds. The molecular weight excluding hydrogens is 273 g/mol. The van der Waals surface area contributed by atoms with Crippen LogP contribution in [0.25, 0.3) is 0 Å². The zero-order chi connectivity index (χ0) is 11.1. The van der Waals surface area contributed by atoms with Crippen LogP contribution in [-0.2, 0) is 17.1 Å². The Morgan fingerprint density at radius 2 is 1.12 bits per heavy atom. The topological polar surface area (TPSA) is 0 Å². The van der Waals surface area contributed by atoms with Gasteiger partial charge >= 0.3 is 0 Å². The van der Waals surface area contributed by atoms with E-state index in [9.17, 15) is 0 Å². The zero-order valence-corrected chi connectivity index (χ0v) is 13.7. The quantitative estimate of drug-likeness (QED) is 0.524. The number of hydrogen-bond acceptors (Lipinski definition) is 0. The maximum atomic E-state index is 2.29. The Balaban J connectivity index is 0. The van der Waals surface area contributed by atoms with Gasteiger partial charge in [-0.25, -0.2) is 0 Å². The van der Waals surface area contributed by atoms with E-state index in [4.69, 9.17) is 0 Å². The normalized spacial score (nSPS) is 19.9. The van der Waals surface area contributed by atoms with Crippen molar-refractivity contribution in [1.29, 1.82) is 0 Å². The van der Waals surface area contributed by atoms with Gasteiger partial charge in [0, 0.05) is 23.0 Å². The van der Waals surface area contributed by atoms with Gasteiger partial charge in [-0.15, -0.1) is 0 Å². The smallest absolute Gasteiger partial charge is 0.0809 e. The number of hydrogen-bond donors (Lipinski definition) is 0. The van der Waals surface area contributed by atoms with E-state index in [0.717, 1.165) is 10.4 Å². The predicted molar refractivity (Wildman–Crippen MR) is 67.9 cm³/mol. The van der Waals surface area contributed by atoms with Crippen molar-refractivity contribution >= 4 is 0 Å². The molecule has 2 aliphatic carbocycles. The van der Waals surface area contributed by atoms with Crippen molar-refractivity contribution in [1.82, 2.24) is 0 Å². The number of halogens is 1. The first-order valence-corrected chi connectivity index (χ1v) is 6.88. The van der Waals surface area contributed by atoms with Crippen molar-refractivity contribution in [3.63, 3.8) is 0 Å². The maximum absolute atomic E-state index is 2.29. The summed E-state index contributed by atoms with van der Waals surface area (Å²) in [5.41, 5.74) is 0. The molecule has 2 fully saturated rings. The zero-order valence-electron chi connectivity index (χ0n) is 11.8. The molecular formula is C14H30ClFeN. The Kier molecular flexibility index (Phi) is 12.6. The van der Waals surface area contributed by atoms with Crippen LogP contribution in [0.4, 0.5) is 0 Å². The Hall–Kier alpha value is 0.769. The Labute approximate surface area is 125 Å². The van der Waals surface area contributed by atoms with Crippen LogP contribution in [0.3, 0.4) is 0 Å². The van der Waals surface area contributed by atoms with Gasteiger partial charge < -0.3 is 16.9 Å². The molecule has 0 unspecified atom stereocenters. The summed E-state index contributed by atoms with van der Waals surface area (Å²) in [6.07, 6.45) is 13.4. The minimum atomic E-state index is 0. The van der Waals surface area contributed by atoms with Gasteiger partial charge in [0.1, 0.15) is 0 Å². The second-order valence-corrected chi connectivity index (χ2v) is 6.39. The van der Waals surface area contributed by atoms with Crippen molar-refractivity contribution < 1.29 is 34.0 Å². The summed E-state index contributed by atoms with van der Waals surface area (Å²) in [7, 11) is 6.87. The first-order valence-electron chi connectivity index (χ1n) is 6.88. The molecule has 2 saturated carbocycles. The van der Waals surface area contributed by atoms with Gasteiger partial charge in [0.25, 0.3) is 0 Å². The molecule has 0 aromatic heterocycles. The van der Waals surface area contributed by atoms with E-state index < -0.39 is 0 Å². The second-order valence-electron chi connectivity index (χ2n) is 6.39. The van der Waals surface area contributed by atoms with Crippen LogP contribution in [-0.4, -0.2) is 32.2 Å². The van der Waals surface area contributed by atoms with Crippen LogP contribution in [0.2, 0.25) is 0 Å². The second kappa shape index (κ2) is 10.7. The summed E-state index contributed by atoms with van der Waals surface area (Å²) in [5.74, 6) is 1.03. The molecule has 2 aliphatic rings. The van der Waals surface area contributed by atoms with E-state index in [2.05, 4.69) is 21.1 Å². The summed E-state index contributed by atoms with van der Waals surface area (Å²) < 4.78 is 1.14. The molecule has 17 heavy (non-hydrogen) atoms. The van der Waals surface area contributed by atoms with Gasteiger partial charge in [0.15, 0.2) is 0 Å².